The summed E-state index contributed by atoms with van der Waals surface area (Å²) in [7, 11) is 0. The van der Waals surface area contributed by atoms with Crippen molar-refractivity contribution in [3.63, 3.8) is 0 Å². The van der Waals surface area contributed by atoms with Gasteiger partial charge in [-0.25, -0.2) is 4.79 Å². The number of aromatic nitrogens is 1. The lowest BCUT2D eigenvalue weighted by molar-refractivity contribution is 0.0528. The monoisotopic (exact) mass is 237 g/mol. The number of nitrogens with one attached hydrogen (secondary N) is 1. The van der Waals surface area contributed by atoms with E-state index < -0.39 is 0 Å². The first kappa shape index (κ1) is 11.0. The molecule has 0 radical (unpaired) electrons. The van der Waals surface area contributed by atoms with Gasteiger partial charge in [0.25, 0.3) is 0 Å². The lowest BCUT2D eigenvalue weighted by Gasteiger charge is -2.01. The fourth-order valence-corrected chi connectivity index (χ4v) is 1.94. The zero-order valence-electron chi connectivity index (χ0n) is 9.13. The molecule has 0 spiro atoms. The van der Waals surface area contributed by atoms with Crippen LogP contribution in [0.15, 0.2) is 18.2 Å². The molecule has 3 nitrogen and oxygen atoms in total. The standard InChI is InChI=1S/C12H12ClNO2/c1-3-16-12(15)11-7(2)14-10-5-4-8(13)6-9(10)11/h4-6,14H,3H2,1-2H3. The van der Waals surface area contributed by atoms with Gasteiger partial charge in [0.2, 0.25) is 0 Å². The SMILES string of the molecule is CCOC(=O)c1c(C)[nH]c2ccc(Cl)cc12. The number of rotatable bonds is 2. The molecule has 84 valence electrons. The van der Waals surface area contributed by atoms with Crippen LogP contribution in [0.25, 0.3) is 10.9 Å². The molecule has 2 aromatic rings. The van der Waals surface area contributed by atoms with Crippen LogP contribution in [0.5, 0.6) is 0 Å². The Morgan fingerprint density at radius 1 is 1.50 bits per heavy atom. The minimum atomic E-state index is -0.312. The molecule has 2 rings (SSSR count). The summed E-state index contributed by atoms with van der Waals surface area (Å²) in [6.45, 7) is 4.00. The van der Waals surface area contributed by atoms with E-state index in [9.17, 15) is 4.79 Å². The molecule has 1 aromatic heterocycles. The predicted octanol–water partition coefficient (Wildman–Crippen LogP) is 3.31. The molecule has 0 saturated carbocycles. The molecule has 0 atom stereocenters. The third kappa shape index (κ3) is 1.78. The van der Waals surface area contributed by atoms with Crippen LogP contribution in [0.2, 0.25) is 5.02 Å². The molecule has 16 heavy (non-hydrogen) atoms. The molecule has 0 bridgehead atoms. The van der Waals surface area contributed by atoms with E-state index in [0.717, 1.165) is 16.6 Å². The number of H-pyrrole nitrogens is 1. The van der Waals surface area contributed by atoms with E-state index in [1.807, 2.05) is 13.0 Å². The molecular formula is C12H12ClNO2. The van der Waals surface area contributed by atoms with E-state index in [1.165, 1.54) is 0 Å². The number of aryl methyl sites for hydroxylation is 1. The van der Waals surface area contributed by atoms with Crippen LogP contribution in [-0.2, 0) is 4.74 Å². The van der Waals surface area contributed by atoms with Crippen LogP contribution in [0.4, 0.5) is 0 Å². The van der Waals surface area contributed by atoms with Gasteiger partial charge in [-0.15, -0.1) is 0 Å². The number of ether oxygens (including phenoxy) is 1. The topological polar surface area (TPSA) is 42.1 Å². The molecule has 0 unspecified atom stereocenters. The van der Waals surface area contributed by atoms with Crippen LogP contribution in [-0.4, -0.2) is 17.6 Å². The summed E-state index contributed by atoms with van der Waals surface area (Å²) in [4.78, 5) is 14.9. The molecule has 0 aliphatic heterocycles. The molecule has 0 aliphatic carbocycles. The van der Waals surface area contributed by atoms with Crippen LogP contribution in [0, 0.1) is 6.92 Å². The van der Waals surface area contributed by atoms with Crippen molar-refractivity contribution in [3.8, 4) is 0 Å². The van der Waals surface area contributed by atoms with Crippen LogP contribution in [0.3, 0.4) is 0 Å². The van der Waals surface area contributed by atoms with Gasteiger partial charge in [0.05, 0.1) is 12.2 Å². The first-order valence-electron chi connectivity index (χ1n) is 5.08. The number of benzene rings is 1. The summed E-state index contributed by atoms with van der Waals surface area (Å²) >= 11 is 5.92. The zero-order chi connectivity index (χ0) is 11.7. The number of fused-ring (bicyclic) bond motifs is 1. The Kier molecular flexibility index (Phi) is 2.88. The van der Waals surface area contributed by atoms with Crippen molar-refractivity contribution in [3.05, 3.63) is 34.5 Å². The highest BCUT2D eigenvalue weighted by Gasteiger charge is 2.16. The van der Waals surface area contributed by atoms with Gasteiger partial charge in [-0.2, -0.15) is 0 Å². The second-order valence-electron chi connectivity index (χ2n) is 3.54. The maximum Gasteiger partial charge on any atom is 0.340 e. The van der Waals surface area contributed by atoms with Gasteiger partial charge >= 0.3 is 5.97 Å². The molecule has 0 amide bonds. The fraction of sp³-hybridized carbons (Fsp3) is 0.250. The number of esters is 1. The van der Waals surface area contributed by atoms with Gasteiger partial charge in [-0.3, -0.25) is 0 Å². The van der Waals surface area contributed by atoms with Gasteiger partial charge in [-0.1, -0.05) is 11.6 Å². The Morgan fingerprint density at radius 3 is 2.94 bits per heavy atom. The molecule has 1 heterocycles. The maximum absolute atomic E-state index is 11.8. The predicted molar refractivity (Wildman–Crippen MR) is 64.0 cm³/mol. The van der Waals surface area contributed by atoms with Gasteiger partial charge in [0.1, 0.15) is 0 Å². The van der Waals surface area contributed by atoms with Gasteiger partial charge in [-0.05, 0) is 32.0 Å². The lowest BCUT2D eigenvalue weighted by atomic mass is 10.1. The van der Waals surface area contributed by atoms with Gasteiger partial charge < -0.3 is 9.72 Å². The average Bonchev–Trinajstić information content (AvgIpc) is 2.53. The maximum atomic E-state index is 11.8. The molecule has 1 aromatic carbocycles. The third-order valence-electron chi connectivity index (χ3n) is 2.43. The summed E-state index contributed by atoms with van der Waals surface area (Å²) in [5.74, 6) is -0.312. The molecule has 4 heteroatoms. The Morgan fingerprint density at radius 2 is 2.25 bits per heavy atom. The Balaban J connectivity index is 2.62. The van der Waals surface area contributed by atoms with E-state index in [-0.39, 0.29) is 5.97 Å². The quantitative estimate of drug-likeness (QED) is 0.815. The van der Waals surface area contributed by atoms with Crippen LogP contribution < -0.4 is 0 Å². The Bertz CT molecular complexity index is 545. The van der Waals surface area contributed by atoms with E-state index in [4.69, 9.17) is 16.3 Å². The lowest BCUT2D eigenvalue weighted by Crippen LogP contribution is -2.05. The van der Waals surface area contributed by atoms with Crippen molar-refractivity contribution in [1.29, 1.82) is 0 Å². The van der Waals surface area contributed by atoms with Crippen molar-refractivity contribution >= 4 is 28.5 Å². The number of halogens is 1. The summed E-state index contributed by atoms with van der Waals surface area (Å²) < 4.78 is 5.01. The molecule has 0 aliphatic rings. The van der Waals surface area contributed by atoms with Crippen molar-refractivity contribution in [2.75, 3.05) is 6.61 Å². The largest absolute Gasteiger partial charge is 0.462 e. The smallest absolute Gasteiger partial charge is 0.340 e. The minimum Gasteiger partial charge on any atom is -0.462 e. The normalized spacial score (nSPS) is 10.7. The second-order valence-corrected chi connectivity index (χ2v) is 3.97. The van der Waals surface area contributed by atoms with Crippen molar-refractivity contribution < 1.29 is 9.53 Å². The molecular weight excluding hydrogens is 226 g/mol. The molecule has 1 N–H and O–H groups in total. The van der Waals surface area contributed by atoms with Crippen molar-refractivity contribution in [2.45, 2.75) is 13.8 Å². The number of carbonyl (C=O) groups excluding carboxylic acids is 1. The zero-order valence-corrected chi connectivity index (χ0v) is 9.89. The highest BCUT2D eigenvalue weighted by Crippen LogP contribution is 2.25. The number of hydrogen-bond acceptors (Lipinski definition) is 2. The van der Waals surface area contributed by atoms with E-state index in [2.05, 4.69) is 4.98 Å². The third-order valence-corrected chi connectivity index (χ3v) is 2.66. The fourth-order valence-electron chi connectivity index (χ4n) is 1.77. The Labute approximate surface area is 98.4 Å². The summed E-state index contributed by atoms with van der Waals surface area (Å²) in [6, 6.07) is 5.41. The highest BCUT2D eigenvalue weighted by atomic mass is 35.5. The summed E-state index contributed by atoms with van der Waals surface area (Å²) in [5.41, 5.74) is 2.26. The van der Waals surface area contributed by atoms with Crippen molar-refractivity contribution in [2.24, 2.45) is 0 Å². The van der Waals surface area contributed by atoms with Gasteiger partial charge in [0.15, 0.2) is 0 Å². The first-order valence-corrected chi connectivity index (χ1v) is 5.46. The van der Waals surface area contributed by atoms with E-state index >= 15 is 0 Å². The number of aromatic amines is 1. The number of carbonyl (C=O) groups is 1. The summed E-state index contributed by atoms with van der Waals surface area (Å²) in [6.07, 6.45) is 0. The minimum absolute atomic E-state index is 0.312. The average molecular weight is 238 g/mol. The molecule has 0 saturated heterocycles. The van der Waals surface area contributed by atoms with E-state index in [0.29, 0.717) is 17.2 Å². The first-order chi connectivity index (χ1) is 7.63. The van der Waals surface area contributed by atoms with Crippen LogP contribution in [0.1, 0.15) is 23.0 Å². The van der Waals surface area contributed by atoms with Crippen LogP contribution >= 0.6 is 11.6 Å². The molecule has 0 fully saturated rings. The van der Waals surface area contributed by atoms with Gasteiger partial charge in [0, 0.05) is 21.6 Å². The van der Waals surface area contributed by atoms with E-state index in [1.54, 1.807) is 19.1 Å². The number of hydrogen-bond donors (Lipinski definition) is 1. The Hall–Kier alpha value is -1.48. The second kappa shape index (κ2) is 4.18. The highest BCUT2D eigenvalue weighted by molar-refractivity contribution is 6.31. The summed E-state index contributed by atoms with van der Waals surface area (Å²) in [5, 5.41) is 1.42. The van der Waals surface area contributed by atoms with Crippen molar-refractivity contribution in [1.82, 2.24) is 4.98 Å².